The number of Topliss-reactive ketones (excluding diaryl/α,β-unsaturated/α-hetero) is 1. The largest absolute Gasteiger partial charge is 0.341 e. The molecule has 1 spiro atoms. The molecule has 1 heterocycles. The fraction of sp³-hybridized carbons (Fsp3) is 0.706. The molecule has 0 aromatic carbocycles. The zero-order chi connectivity index (χ0) is 17.0. The van der Waals surface area contributed by atoms with Gasteiger partial charge < -0.3 is 4.90 Å². The molecule has 3 rings (SSSR count). The average Bonchev–Trinajstić information content (AvgIpc) is 2.85. The molecule has 2 fully saturated rings. The number of allylic oxidation sites excluding steroid dienone is 1. The van der Waals surface area contributed by atoms with E-state index in [9.17, 15) is 23.6 Å². The Morgan fingerprint density at radius 1 is 1.39 bits per heavy atom. The third-order valence-electron chi connectivity index (χ3n) is 5.50. The van der Waals surface area contributed by atoms with Crippen molar-refractivity contribution in [2.24, 2.45) is 16.7 Å². The van der Waals surface area contributed by atoms with Gasteiger partial charge in [0.1, 0.15) is 12.0 Å². The molecule has 4 nitrogen and oxygen atoms in total. The number of halogens is 2. The first kappa shape index (κ1) is 16.1. The lowest BCUT2D eigenvalue weighted by Crippen LogP contribution is -2.50. The molecule has 1 aliphatic heterocycles. The van der Waals surface area contributed by atoms with Gasteiger partial charge in [-0.05, 0) is 19.3 Å². The first-order valence-corrected chi connectivity index (χ1v) is 7.95. The molecular formula is C17H20F2N2O2. The third-order valence-corrected chi connectivity index (χ3v) is 5.50. The van der Waals surface area contributed by atoms with E-state index in [1.807, 2.05) is 6.07 Å². The summed E-state index contributed by atoms with van der Waals surface area (Å²) >= 11 is 0. The Bertz CT molecular complexity index is 647. The zero-order valence-corrected chi connectivity index (χ0v) is 13.4. The van der Waals surface area contributed by atoms with Gasteiger partial charge in [-0.15, -0.1) is 0 Å². The van der Waals surface area contributed by atoms with Gasteiger partial charge in [-0.2, -0.15) is 5.26 Å². The van der Waals surface area contributed by atoms with Gasteiger partial charge in [-0.3, -0.25) is 9.59 Å². The number of hydrogen-bond acceptors (Lipinski definition) is 3. The van der Waals surface area contributed by atoms with E-state index in [-0.39, 0.29) is 24.2 Å². The number of carbonyl (C=O) groups is 2. The first-order chi connectivity index (χ1) is 10.6. The molecule has 1 saturated heterocycles. The minimum absolute atomic E-state index is 0.129. The number of carbonyl (C=O) groups excluding carboxylic acids is 2. The fourth-order valence-corrected chi connectivity index (χ4v) is 4.21. The van der Waals surface area contributed by atoms with E-state index in [1.54, 1.807) is 19.9 Å². The maximum Gasteiger partial charge on any atom is 0.259 e. The van der Waals surface area contributed by atoms with E-state index in [4.69, 9.17) is 0 Å². The van der Waals surface area contributed by atoms with Crippen LogP contribution in [0.4, 0.5) is 8.78 Å². The third kappa shape index (κ3) is 2.46. The molecule has 124 valence electrons. The summed E-state index contributed by atoms with van der Waals surface area (Å²) in [4.78, 5) is 26.0. The lowest BCUT2D eigenvalue weighted by atomic mass is 9.64. The molecule has 0 radical (unpaired) electrons. The van der Waals surface area contributed by atoms with Crippen molar-refractivity contribution in [2.75, 3.05) is 13.1 Å². The standard InChI is InChI=1S/C17H20F2N2O2/c1-15(2)9-16(7-11(8-20)13(15)22)5-6-21(10-16)14(23)12-3-4-17(12,18)19/h7,12H,3-6,9-10H2,1-2H3/t12?,16-/m1/s1. The fourth-order valence-electron chi connectivity index (χ4n) is 4.21. The van der Waals surface area contributed by atoms with Crippen LogP contribution >= 0.6 is 0 Å². The molecule has 0 N–H and O–H groups in total. The molecule has 2 aliphatic carbocycles. The summed E-state index contributed by atoms with van der Waals surface area (Å²) in [7, 11) is 0. The van der Waals surface area contributed by atoms with Crippen molar-refractivity contribution in [1.29, 1.82) is 5.26 Å². The Labute approximate surface area is 134 Å². The smallest absolute Gasteiger partial charge is 0.259 e. The number of nitrogens with zero attached hydrogens (tertiary/aromatic N) is 2. The Hall–Kier alpha value is -1.77. The van der Waals surface area contributed by atoms with Gasteiger partial charge in [0.25, 0.3) is 5.92 Å². The average molecular weight is 322 g/mol. The van der Waals surface area contributed by atoms with Crippen molar-refractivity contribution in [1.82, 2.24) is 4.90 Å². The second-order valence-electron chi connectivity index (χ2n) is 7.78. The summed E-state index contributed by atoms with van der Waals surface area (Å²) in [5.41, 5.74) is -0.985. The van der Waals surface area contributed by atoms with Gasteiger partial charge in [-0.1, -0.05) is 19.9 Å². The summed E-state index contributed by atoms with van der Waals surface area (Å²) in [5, 5.41) is 9.20. The molecule has 1 unspecified atom stereocenters. The van der Waals surface area contributed by atoms with E-state index in [0.29, 0.717) is 25.9 Å². The Balaban J connectivity index is 1.81. The number of amides is 1. The highest BCUT2D eigenvalue weighted by atomic mass is 19.3. The molecule has 1 saturated carbocycles. The number of likely N-dealkylation sites (tertiary alicyclic amines) is 1. The molecule has 3 aliphatic rings. The second kappa shape index (κ2) is 4.86. The summed E-state index contributed by atoms with van der Waals surface area (Å²) in [6, 6.07) is 1.95. The van der Waals surface area contributed by atoms with Gasteiger partial charge in [0, 0.05) is 30.3 Å². The number of alkyl halides is 2. The van der Waals surface area contributed by atoms with Gasteiger partial charge in [0.2, 0.25) is 5.91 Å². The minimum Gasteiger partial charge on any atom is -0.341 e. The van der Waals surface area contributed by atoms with Crippen molar-refractivity contribution in [3.05, 3.63) is 11.6 Å². The lowest BCUT2D eigenvalue weighted by Gasteiger charge is -2.40. The highest BCUT2D eigenvalue weighted by Gasteiger charge is 2.56. The molecule has 2 atom stereocenters. The van der Waals surface area contributed by atoms with E-state index < -0.39 is 28.6 Å². The van der Waals surface area contributed by atoms with Crippen molar-refractivity contribution < 1.29 is 18.4 Å². The summed E-state index contributed by atoms with van der Waals surface area (Å²) < 4.78 is 27.0. The predicted molar refractivity (Wildman–Crippen MR) is 78.4 cm³/mol. The number of rotatable bonds is 1. The Morgan fingerprint density at radius 3 is 2.61 bits per heavy atom. The van der Waals surface area contributed by atoms with Crippen LogP contribution in [-0.4, -0.2) is 35.6 Å². The molecule has 23 heavy (non-hydrogen) atoms. The van der Waals surface area contributed by atoms with Crippen LogP contribution < -0.4 is 0 Å². The van der Waals surface area contributed by atoms with Crippen molar-refractivity contribution >= 4 is 11.7 Å². The van der Waals surface area contributed by atoms with Crippen LogP contribution in [0.2, 0.25) is 0 Å². The van der Waals surface area contributed by atoms with E-state index in [0.717, 1.165) is 0 Å². The predicted octanol–water partition coefficient (Wildman–Crippen LogP) is 2.70. The van der Waals surface area contributed by atoms with Crippen LogP contribution in [0.15, 0.2) is 11.6 Å². The second-order valence-corrected chi connectivity index (χ2v) is 7.78. The zero-order valence-electron chi connectivity index (χ0n) is 13.4. The summed E-state index contributed by atoms with van der Waals surface area (Å²) in [6.45, 7) is 4.32. The van der Waals surface area contributed by atoms with Gasteiger partial charge in [-0.25, -0.2) is 8.78 Å². The quantitative estimate of drug-likeness (QED) is 0.746. The maximum atomic E-state index is 13.5. The lowest BCUT2D eigenvalue weighted by molar-refractivity contribution is -0.171. The molecule has 0 aromatic heterocycles. The van der Waals surface area contributed by atoms with Gasteiger partial charge >= 0.3 is 0 Å². The van der Waals surface area contributed by atoms with Crippen LogP contribution in [0.3, 0.4) is 0 Å². The van der Waals surface area contributed by atoms with Crippen LogP contribution in [-0.2, 0) is 9.59 Å². The Morgan fingerprint density at radius 2 is 2.09 bits per heavy atom. The van der Waals surface area contributed by atoms with Crippen molar-refractivity contribution in [3.8, 4) is 6.07 Å². The highest BCUT2D eigenvalue weighted by molar-refractivity contribution is 6.03. The molecule has 0 bridgehead atoms. The van der Waals surface area contributed by atoms with Gasteiger partial charge in [0.15, 0.2) is 5.78 Å². The van der Waals surface area contributed by atoms with E-state index >= 15 is 0 Å². The monoisotopic (exact) mass is 322 g/mol. The summed E-state index contributed by atoms with van der Waals surface area (Å²) in [5.74, 6) is -4.75. The number of hydrogen-bond donors (Lipinski definition) is 0. The molecule has 1 amide bonds. The van der Waals surface area contributed by atoms with Crippen LogP contribution in [0.1, 0.15) is 39.5 Å². The molecular weight excluding hydrogens is 302 g/mol. The first-order valence-electron chi connectivity index (χ1n) is 7.95. The number of nitriles is 1. The highest BCUT2D eigenvalue weighted by Crippen LogP contribution is 2.50. The topological polar surface area (TPSA) is 61.2 Å². The van der Waals surface area contributed by atoms with Crippen molar-refractivity contribution in [2.45, 2.75) is 45.5 Å². The van der Waals surface area contributed by atoms with E-state index in [1.165, 1.54) is 4.90 Å². The van der Waals surface area contributed by atoms with Crippen LogP contribution in [0, 0.1) is 28.1 Å². The molecule has 6 heteroatoms. The number of ketones is 1. The SMILES string of the molecule is CC1(C)C[C@]2(C=C(C#N)C1=O)CCN(C(=O)C1CCC1(F)F)C2. The van der Waals surface area contributed by atoms with Crippen LogP contribution in [0.25, 0.3) is 0 Å². The molecule has 0 aromatic rings. The Kier molecular flexibility index (Phi) is 3.40. The summed E-state index contributed by atoms with van der Waals surface area (Å²) in [6.07, 6.45) is 2.83. The normalized spacial score (nSPS) is 34.7. The minimum atomic E-state index is -2.89. The maximum absolute atomic E-state index is 13.5. The van der Waals surface area contributed by atoms with E-state index in [2.05, 4.69) is 0 Å². The van der Waals surface area contributed by atoms with Crippen LogP contribution in [0.5, 0.6) is 0 Å². The van der Waals surface area contributed by atoms with Crippen molar-refractivity contribution in [3.63, 3.8) is 0 Å². The van der Waals surface area contributed by atoms with Gasteiger partial charge in [0.05, 0.1) is 5.57 Å².